The molecule has 0 bridgehead atoms. The quantitative estimate of drug-likeness (QED) is 0.812. The van der Waals surface area contributed by atoms with Gasteiger partial charge in [-0.3, -0.25) is 9.59 Å². The summed E-state index contributed by atoms with van der Waals surface area (Å²) in [5.74, 6) is 1.74. The minimum Gasteiger partial charge on any atom is -0.369 e. The Balaban J connectivity index is 1.51. The molecule has 2 aliphatic rings. The van der Waals surface area contributed by atoms with Crippen LogP contribution in [-0.4, -0.2) is 66.2 Å². The monoisotopic (exact) mass is 332 g/mol. The summed E-state index contributed by atoms with van der Waals surface area (Å²) in [6.07, 6.45) is 1.10. The number of amides is 2. The highest BCUT2D eigenvalue weighted by molar-refractivity contribution is 5.84. The second-order valence-electron chi connectivity index (χ2n) is 6.16. The summed E-state index contributed by atoms with van der Waals surface area (Å²) < 4.78 is 0. The van der Waals surface area contributed by atoms with Gasteiger partial charge in [0.25, 0.3) is 0 Å². The van der Waals surface area contributed by atoms with Crippen molar-refractivity contribution in [2.45, 2.75) is 19.8 Å². The van der Waals surface area contributed by atoms with Gasteiger partial charge < -0.3 is 20.4 Å². The fourth-order valence-corrected chi connectivity index (χ4v) is 3.13. The first-order chi connectivity index (χ1) is 11.7. The predicted octanol–water partition coefficient (Wildman–Crippen LogP) is 0.0832. The van der Waals surface area contributed by atoms with Crippen molar-refractivity contribution in [3.8, 4) is 0 Å². The van der Waals surface area contributed by atoms with Crippen molar-refractivity contribution in [2.75, 3.05) is 49.5 Å². The maximum Gasteiger partial charge on any atom is 0.227 e. The highest BCUT2D eigenvalue weighted by Crippen LogP contribution is 2.18. The molecule has 24 heavy (non-hydrogen) atoms. The molecule has 2 saturated heterocycles. The van der Waals surface area contributed by atoms with E-state index in [0.717, 1.165) is 31.3 Å². The van der Waals surface area contributed by atoms with Crippen LogP contribution in [-0.2, 0) is 9.59 Å². The van der Waals surface area contributed by atoms with E-state index in [-0.39, 0.29) is 17.7 Å². The van der Waals surface area contributed by atoms with Crippen LogP contribution in [0.15, 0.2) is 12.1 Å². The van der Waals surface area contributed by atoms with Crippen molar-refractivity contribution >= 4 is 23.5 Å². The van der Waals surface area contributed by atoms with Crippen molar-refractivity contribution in [1.82, 2.24) is 20.4 Å². The number of hydrogen-bond donors (Lipinski definition) is 2. The third kappa shape index (κ3) is 3.74. The van der Waals surface area contributed by atoms with E-state index >= 15 is 0 Å². The number of piperazine rings is 1. The number of piperidine rings is 1. The van der Waals surface area contributed by atoms with Gasteiger partial charge in [0.05, 0.1) is 5.92 Å². The third-order valence-corrected chi connectivity index (χ3v) is 4.54. The van der Waals surface area contributed by atoms with E-state index in [1.165, 1.54) is 0 Å². The van der Waals surface area contributed by atoms with Crippen LogP contribution in [0.2, 0.25) is 0 Å². The van der Waals surface area contributed by atoms with Gasteiger partial charge in [-0.25, -0.2) is 0 Å². The van der Waals surface area contributed by atoms with E-state index in [1.807, 2.05) is 24.0 Å². The van der Waals surface area contributed by atoms with Gasteiger partial charge in [0.15, 0.2) is 5.82 Å². The number of hydrogen-bond acceptors (Lipinski definition) is 6. The Morgan fingerprint density at radius 3 is 2.67 bits per heavy atom. The number of rotatable bonds is 4. The normalized spacial score (nSPS) is 21.4. The van der Waals surface area contributed by atoms with E-state index in [0.29, 0.717) is 32.5 Å². The van der Waals surface area contributed by atoms with Crippen molar-refractivity contribution < 1.29 is 9.59 Å². The first-order valence-electron chi connectivity index (χ1n) is 8.55. The van der Waals surface area contributed by atoms with E-state index in [2.05, 4.69) is 25.7 Å². The van der Waals surface area contributed by atoms with Gasteiger partial charge in [-0.15, -0.1) is 10.2 Å². The minimum atomic E-state index is -0.0755. The van der Waals surface area contributed by atoms with Crippen LogP contribution in [0, 0.1) is 5.92 Å². The predicted molar refractivity (Wildman–Crippen MR) is 90.7 cm³/mol. The maximum absolute atomic E-state index is 12.5. The second-order valence-corrected chi connectivity index (χ2v) is 6.16. The largest absolute Gasteiger partial charge is 0.369 e. The molecule has 8 nitrogen and oxygen atoms in total. The first-order valence-corrected chi connectivity index (χ1v) is 8.55. The van der Waals surface area contributed by atoms with E-state index in [1.54, 1.807) is 0 Å². The molecule has 0 saturated carbocycles. The molecule has 1 aromatic rings. The highest BCUT2D eigenvalue weighted by atomic mass is 16.2. The first kappa shape index (κ1) is 16.5. The fourth-order valence-electron chi connectivity index (χ4n) is 3.13. The zero-order chi connectivity index (χ0) is 16.9. The Morgan fingerprint density at radius 2 is 2.08 bits per heavy atom. The molecule has 130 valence electrons. The summed E-state index contributed by atoms with van der Waals surface area (Å²) in [5, 5.41) is 14.3. The van der Waals surface area contributed by atoms with Gasteiger partial charge in [0, 0.05) is 45.7 Å². The van der Waals surface area contributed by atoms with Crippen molar-refractivity contribution in [3.05, 3.63) is 12.1 Å². The molecule has 0 spiro atoms. The van der Waals surface area contributed by atoms with Crippen molar-refractivity contribution in [2.24, 2.45) is 5.92 Å². The molecule has 3 rings (SSSR count). The molecule has 1 aromatic heterocycles. The van der Waals surface area contributed by atoms with Crippen LogP contribution in [0.4, 0.5) is 11.6 Å². The second kappa shape index (κ2) is 7.46. The maximum atomic E-state index is 12.5. The number of nitrogens with zero attached hydrogens (tertiary/aromatic N) is 4. The summed E-state index contributed by atoms with van der Waals surface area (Å²) >= 11 is 0. The molecule has 0 aliphatic carbocycles. The summed E-state index contributed by atoms with van der Waals surface area (Å²) in [7, 11) is 0. The molecule has 1 unspecified atom stereocenters. The Labute approximate surface area is 141 Å². The SMILES string of the molecule is CCNc1ccc(N2CCN(C(=O)C3CCC(=O)NC3)CC2)nn1. The molecule has 3 heterocycles. The van der Waals surface area contributed by atoms with Gasteiger partial charge in [-0.05, 0) is 25.5 Å². The number of nitrogens with one attached hydrogen (secondary N) is 2. The molecule has 0 radical (unpaired) electrons. The lowest BCUT2D eigenvalue weighted by molar-refractivity contribution is -0.137. The summed E-state index contributed by atoms with van der Waals surface area (Å²) in [4.78, 5) is 27.8. The Hall–Kier alpha value is -2.38. The third-order valence-electron chi connectivity index (χ3n) is 4.54. The topological polar surface area (TPSA) is 90.5 Å². The summed E-state index contributed by atoms with van der Waals surface area (Å²) in [6.45, 7) is 6.16. The smallest absolute Gasteiger partial charge is 0.227 e. The number of carbonyl (C=O) groups is 2. The van der Waals surface area contributed by atoms with Crippen LogP contribution in [0.1, 0.15) is 19.8 Å². The standard InChI is InChI=1S/C16H24N6O2/c1-2-17-13-4-5-14(20-19-13)21-7-9-22(10-8-21)16(24)12-3-6-15(23)18-11-12/h4-5,12H,2-3,6-11H2,1H3,(H,17,19)(H,18,23). The average Bonchev–Trinajstić information content (AvgIpc) is 2.63. The van der Waals surface area contributed by atoms with Crippen LogP contribution < -0.4 is 15.5 Å². The molecule has 2 aliphatic heterocycles. The number of aromatic nitrogens is 2. The van der Waals surface area contributed by atoms with Crippen LogP contribution in [0.3, 0.4) is 0 Å². The summed E-state index contributed by atoms with van der Waals surface area (Å²) in [6, 6.07) is 3.88. The molecular formula is C16H24N6O2. The average molecular weight is 332 g/mol. The van der Waals surface area contributed by atoms with E-state index in [4.69, 9.17) is 0 Å². The lowest BCUT2D eigenvalue weighted by Crippen LogP contribution is -2.52. The van der Waals surface area contributed by atoms with E-state index < -0.39 is 0 Å². The molecule has 2 amide bonds. The van der Waals surface area contributed by atoms with Gasteiger partial charge in [-0.2, -0.15) is 0 Å². The van der Waals surface area contributed by atoms with Crippen molar-refractivity contribution in [1.29, 1.82) is 0 Å². The minimum absolute atomic E-state index is 0.0449. The molecule has 1 atom stereocenters. The zero-order valence-electron chi connectivity index (χ0n) is 14.0. The van der Waals surface area contributed by atoms with Crippen LogP contribution >= 0.6 is 0 Å². The van der Waals surface area contributed by atoms with Crippen LogP contribution in [0.25, 0.3) is 0 Å². The molecule has 2 fully saturated rings. The highest BCUT2D eigenvalue weighted by Gasteiger charge is 2.30. The van der Waals surface area contributed by atoms with Gasteiger partial charge in [0.1, 0.15) is 5.82 Å². The number of anilines is 2. The lowest BCUT2D eigenvalue weighted by atomic mass is 9.97. The molecule has 2 N–H and O–H groups in total. The molecular weight excluding hydrogens is 308 g/mol. The van der Waals surface area contributed by atoms with Crippen molar-refractivity contribution in [3.63, 3.8) is 0 Å². The lowest BCUT2D eigenvalue weighted by Gasteiger charge is -2.37. The van der Waals surface area contributed by atoms with Gasteiger partial charge in [0.2, 0.25) is 11.8 Å². The Kier molecular flexibility index (Phi) is 5.12. The molecule has 8 heteroatoms. The van der Waals surface area contributed by atoms with Gasteiger partial charge in [-0.1, -0.05) is 0 Å². The summed E-state index contributed by atoms with van der Waals surface area (Å²) in [5.41, 5.74) is 0. The Bertz CT molecular complexity index is 573. The zero-order valence-corrected chi connectivity index (χ0v) is 14.0. The van der Waals surface area contributed by atoms with E-state index in [9.17, 15) is 9.59 Å². The Morgan fingerprint density at radius 1 is 1.29 bits per heavy atom. The van der Waals surface area contributed by atoms with Gasteiger partial charge >= 0.3 is 0 Å². The number of carbonyl (C=O) groups excluding carboxylic acids is 2. The van der Waals surface area contributed by atoms with Crippen LogP contribution in [0.5, 0.6) is 0 Å². The fraction of sp³-hybridized carbons (Fsp3) is 0.625. The molecule has 0 aromatic carbocycles.